The lowest BCUT2D eigenvalue weighted by Gasteiger charge is -2.52. The number of piperidine rings is 1. The van der Waals surface area contributed by atoms with Crippen LogP contribution in [0.3, 0.4) is 0 Å². The van der Waals surface area contributed by atoms with E-state index in [4.69, 9.17) is 5.73 Å². The molecule has 0 bridgehead atoms. The standard InChI is InChI=1S/C36H49N5O5/c1-3-4-18-41-34(45)30(31(42)26-8-6-5-7-9-26)39-35(46)36(41)16-19-40(20-17-36)23-25-12-10-24(11-13-25)21-28-22-27(33(44)38-2)14-15-29(28)32(37)43/h10-15,22,26,30-31,42H,3-9,16-21,23H2,1-2H3,(H2,37,43)(H,38,44)(H,39,46)/t30-,31-/m1/s1. The lowest BCUT2D eigenvalue weighted by Crippen LogP contribution is -2.75. The number of aliphatic hydroxyl groups excluding tert-OH is 1. The van der Waals surface area contributed by atoms with Gasteiger partial charge in [0.25, 0.3) is 5.91 Å². The summed E-state index contributed by atoms with van der Waals surface area (Å²) in [5.41, 5.74) is 8.40. The number of nitrogens with zero attached hydrogens (tertiary/aromatic N) is 2. The number of benzene rings is 2. The van der Waals surface area contributed by atoms with Gasteiger partial charge in [0.05, 0.1) is 6.10 Å². The van der Waals surface area contributed by atoms with E-state index in [1.54, 1.807) is 25.2 Å². The fourth-order valence-corrected chi connectivity index (χ4v) is 7.54. The molecular formula is C36H49N5O5. The number of rotatable bonds is 11. The van der Waals surface area contributed by atoms with Crippen molar-refractivity contribution in [3.63, 3.8) is 0 Å². The average Bonchev–Trinajstić information content (AvgIpc) is 3.07. The van der Waals surface area contributed by atoms with Crippen molar-refractivity contribution in [3.05, 3.63) is 70.3 Å². The van der Waals surface area contributed by atoms with Crippen molar-refractivity contribution >= 4 is 23.6 Å². The Hall–Kier alpha value is -3.76. The summed E-state index contributed by atoms with van der Waals surface area (Å²) in [5, 5.41) is 16.8. The summed E-state index contributed by atoms with van der Waals surface area (Å²) in [6, 6.07) is 12.2. The summed E-state index contributed by atoms with van der Waals surface area (Å²) in [6.07, 6.45) is 7.53. The highest BCUT2D eigenvalue weighted by molar-refractivity contribution is 6.00. The predicted octanol–water partition coefficient (Wildman–Crippen LogP) is 3.14. The summed E-state index contributed by atoms with van der Waals surface area (Å²) >= 11 is 0. The minimum atomic E-state index is -0.878. The topological polar surface area (TPSA) is 145 Å². The van der Waals surface area contributed by atoms with Crippen LogP contribution in [0.5, 0.6) is 0 Å². The molecule has 3 aliphatic rings. The highest BCUT2D eigenvalue weighted by Gasteiger charge is 2.55. The van der Waals surface area contributed by atoms with Gasteiger partial charge in [-0.2, -0.15) is 0 Å². The van der Waals surface area contributed by atoms with Crippen molar-refractivity contribution in [2.75, 3.05) is 26.7 Å². The van der Waals surface area contributed by atoms with Crippen molar-refractivity contribution in [2.24, 2.45) is 11.7 Å². The van der Waals surface area contributed by atoms with Crippen molar-refractivity contribution in [1.29, 1.82) is 0 Å². The van der Waals surface area contributed by atoms with E-state index in [2.05, 4.69) is 34.6 Å². The lowest BCUT2D eigenvalue weighted by atomic mass is 9.78. The Morgan fingerprint density at radius 1 is 1.04 bits per heavy atom. The third-order valence-electron chi connectivity index (χ3n) is 10.3. The summed E-state index contributed by atoms with van der Waals surface area (Å²) in [5.74, 6) is -0.957. The van der Waals surface area contributed by atoms with E-state index in [1.807, 2.05) is 17.0 Å². The SMILES string of the molecule is CCCCN1C(=O)[C@@H]([C@H](O)C2CCCCC2)NC(=O)C12CCN(Cc1ccc(Cc3cc(C(=O)NC)ccc3C(N)=O)cc1)CC2. The first-order valence-electron chi connectivity index (χ1n) is 16.9. The molecule has 2 aromatic carbocycles. The van der Waals surface area contributed by atoms with Crippen molar-refractivity contribution < 1.29 is 24.3 Å². The van der Waals surface area contributed by atoms with E-state index in [9.17, 15) is 24.3 Å². The largest absolute Gasteiger partial charge is 0.390 e. The van der Waals surface area contributed by atoms with E-state index in [0.717, 1.165) is 56.1 Å². The minimum absolute atomic E-state index is 0.0521. The molecule has 248 valence electrons. The molecule has 5 N–H and O–H groups in total. The maximum Gasteiger partial charge on any atom is 0.251 e. The summed E-state index contributed by atoms with van der Waals surface area (Å²) in [4.78, 5) is 56.0. The number of hydrogen-bond acceptors (Lipinski definition) is 6. The zero-order chi connectivity index (χ0) is 32.8. The first-order chi connectivity index (χ1) is 22.2. The second kappa shape index (κ2) is 14.8. The maximum atomic E-state index is 13.9. The molecule has 46 heavy (non-hydrogen) atoms. The number of primary amides is 1. The minimum Gasteiger partial charge on any atom is -0.390 e. The third kappa shape index (κ3) is 7.13. The normalized spacial score (nSPS) is 21.2. The third-order valence-corrected chi connectivity index (χ3v) is 10.3. The molecule has 2 aromatic rings. The van der Waals surface area contributed by atoms with Gasteiger partial charge >= 0.3 is 0 Å². The second-order valence-corrected chi connectivity index (χ2v) is 13.3. The van der Waals surface area contributed by atoms with E-state index in [1.165, 1.54) is 0 Å². The number of unbranched alkanes of at least 4 members (excludes halogenated alkanes) is 1. The number of nitrogens with one attached hydrogen (secondary N) is 2. The van der Waals surface area contributed by atoms with Gasteiger partial charge in [-0.05, 0) is 79.3 Å². The molecule has 2 heterocycles. The van der Waals surface area contributed by atoms with Gasteiger partial charge in [-0.3, -0.25) is 24.1 Å². The molecule has 0 aromatic heterocycles. The molecule has 0 unspecified atom stereocenters. The maximum absolute atomic E-state index is 13.9. The van der Waals surface area contributed by atoms with Crippen LogP contribution >= 0.6 is 0 Å². The number of carbonyl (C=O) groups excluding carboxylic acids is 4. The summed E-state index contributed by atoms with van der Waals surface area (Å²) in [6.45, 7) is 4.68. The van der Waals surface area contributed by atoms with Crippen LogP contribution in [0.15, 0.2) is 42.5 Å². The fourth-order valence-electron chi connectivity index (χ4n) is 7.54. The molecular weight excluding hydrogens is 582 g/mol. The second-order valence-electron chi connectivity index (χ2n) is 13.3. The molecule has 4 amide bonds. The van der Waals surface area contributed by atoms with Gasteiger partial charge in [0.15, 0.2) is 0 Å². The van der Waals surface area contributed by atoms with Gasteiger partial charge < -0.3 is 26.4 Å². The number of hydrogen-bond donors (Lipinski definition) is 4. The first kappa shape index (κ1) is 33.6. The zero-order valence-corrected chi connectivity index (χ0v) is 27.2. The molecule has 1 aliphatic carbocycles. The average molecular weight is 632 g/mol. The predicted molar refractivity (Wildman–Crippen MR) is 176 cm³/mol. The summed E-state index contributed by atoms with van der Waals surface area (Å²) < 4.78 is 0. The molecule has 0 radical (unpaired) electrons. The molecule has 2 aliphatic heterocycles. The number of likely N-dealkylation sites (tertiary alicyclic amines) is 1. The van der Waals surface area contributed by atoms with Crippen molar-refractivity contribution in [1.82, 2.24) is 20.4 Å². The van der Waals surface area contributed by atoms with Crippen LogP contribution in [-0.4, -0.2) is 82.9 Å². The first-order valence-corrected chi connectivity index (χ1v) is 16.9. The van der Waals surface area contributed by atoms with Crippen molar-refractivity contribution in [2.45, 2.75) is 95.4 Å². The van der Waals surface area contributed by atoms with Gasteiger partial charge in [-0.1, -0.05) is 56.9 Å². The Balaban J connectivity index is 1.23. The molecule has 2 atom stereocenters. The Kier molecular flexibility index (Phi) is 10.8. The van der Waals surface area contributed by atoms with Crippen LogP contribution in [0, 0.1) is 5.92 Å². The van der Waals surface area contributed by atoms with Gasteiger partial charge in [-0.15, -0.1) is 0 Å². The van der Waals surface area contributed by atoms with Crippen LogP contribution in [0.1, 0.15) is 102 Å². The highest BCUT2D eigenvalue weighted by Crippen LogP contribution is 2.36. The van der Waals surface area contributed by atoms with E-state index >= 15 is 0 Å². The molecule has 5 rings (SSSR count). The Labute approximate surface area is 272 Å². The number of aliphatic hydroxyl groups is 1. The Morgan fingerprint density at radius 2 is 1.72 bits per heavy atom. The van der Waals surface area contributed by atoms with E-state index in [0.29, 0.717) is 62.1 Å². The molecule has 3 fully saturated rings. The lowest BCUT2D eigenvalue weighted by molar-refractivity contribution is -0.166. The number of piperazine rings is 1. The molecule has 1 saturated carbocycles. The smallest absolute Gasteiger partial charge is 0.251 e. The van der Waals surface area contributed by atoms with Gasteiger partial charge in [0.1, 0.15) is 11.6 Å². The van der Waals surface area contributed by atoms with Gasteiger partial charge in [0.2, 0.25) is 17.7 Å². The molecule has 10 heteroatoms. The number of amides is 4. The quantitative estimate of drug-likeness (QED) is 0.300. The Bertz CT molecular complexity index is 1410. The fraction of sp³-hybridized carbons (Fsp3) is 0.556. The van der Waals surface area contributed by atoms with Crippen molar-refractivity contribution in [3.8, 4) is 0 Å². The monoisotopic (exact) mass is 631 g/mol. The van der Waals surface area contributed by atoms with E-state index in [-0.39, 0.29) is 23.6 Å². The van der Waals surface area contributed by atoms with Crippen LogP contribution in [0.25, 0.3) is 0 Å². The van der Waals surface area contributed by atoms with Crippen LogP contribution in [0.2, 0.25) is 0 Å². The Morgan fingerprint density at radius 3 is 2.35 bits per heavy atom. The van der Waals surface area contributed by atoms with Crippen LogP contribution < -0.4 is 16.4 Å². The van der Waals surface area contributed by atoms with E-state index < -0.39 is 23.6 Å². The molecule has 1 spiro atoms. The molecule has 10 nitrogen and oxygen atoms in total. The van der Waals surface area contributed by atoms with Gasteiger partial charge in [-0.25, -0.2) is 0 Å². The summed E-state index contributed by atoms with van der Waals surface area (Å²) in [7, 11) is 1.57. The molecule has 2 saturated heterocycles. The van der Waals surface area contributed by atoms with Crippen LogP contribution in [-0.2, 0) is 22.6 Å². The number of nitrogens with two attached hydrogens (primary N) is 1. The van der Waals surface area contributed by atoms with Crippen LogP contribution in [0.4, 0.5) is 0 Å². The zero-order valence-electron chi connectivity index (χ0n) is 27.2. The number of carbonyl (C=O) groups is 4. The van der Waals surface area contributed by atoms with Gasteiger partial charge in [0, 0.05) is 44.4 Å². The highest BCUT2D eigenvalue weighted by atomic mass is 16.3.